The van der Waals surface area contributed by atoms with Gasteiger partial charge in [-0.15, -0.1) is 0 Å². The molecule has 26 heavy (non-hydrogen) atoms. The van der Waals surface area contributed by atoms with E-state index in [-0.39, 0.29) is 23.3 Å². The number of rotatable bonds is 7. The Bertz CT molecular complexity index is 907. The number of nitrogens with one attached hydrogen (secondary N) is 2. The molecule has 1 fully saturated rings. The van der Waals surface area contributed by atoms with Crippen LogP contribution in [0.25, 0.3) is 0 Å². The van der Waals surface area contributed by atoms with Crippen LogP contribution >= 0.6 is 0 Å². The van der Waals surface area contributed by atoms with Crippen LogP contribution in [0, 0.1) is 0 Å². The van der Waals surface area contributed by atoms with E-state index in [0.717, 1.165) is 18.4 Å². The van der Waals surface area contributed by atoms with Crippen molar-refractivity contribution in [1.82, 2.24) is 4.72 Å². The summed E-state index contributed by atoms with van der Waals surface area (Å²) in [6.45, 7) is 0. The van der Waals surface area contributed by atoms with Crippen LogP contribution in [-0.2, 0) is 21.2 Å². The lowest BCUT2D eigenvalue weighted by atomic mass is 10.1. The van der Waals surface area contributed by atoms with E-state index >= 15 is 0 Å². The lowest BCUT2D eigenvalue weighted by Gasteiger charge is -2.13. The molecule has 0 radical (unpaired) electrons. The van der Waals surface area contributed by atoms with Crippen LogP contribution in [0.2, 0.25) is 0 Å². The summed E-state index contributed by atoms with van der Waals surface area (Å²) in [5.74, 6) is 0.110. The van der Waals surface area contributed by atoms with Gasteiger partial charge in [-0.3, -0.25) is 4.79 Å². The van der Waals surface area contributed by atoms with Crippen LogP contribution in [0.15, 0.2) is 47.4 Å². The van der Waals surface area contributed by atoms with E-state index in [1.807, 2.05) is 0 Å². The number of hydrogen-bond donors (Lipinski definition) is 3. The molecule has 0 spiro atoms. The molecule has 2 aromatic rings. The van der Waals surface area contributed by atoms with Crippen molar-refractivity contribution in [1.29, 1.82) is 0 Å². The van der Waals surface area contributed by atoms with Crippen molar-refractivity contribution in [2.45, 2.75) is 30.2 Å². The van der Waals surface area contributed by atoms with Crippen LogP contribution in [0.5, 0.6) is 5.75 Å². The lowest BCUT2D eigenvalue weighted by molar-refractivity contribution is -0.115. The minimum absolute atomic E-state index is 0.00524. The van der Waals surface area contributed by atoms with Crippen LogP contribution in [-0.4, -0.2) is 27.5 Å². The number of benzene rings is 2. The molecule has 1 aliphatic carbocycles. The third kappa shape index (κ3) is 4.53. The highest BCUT2D eigenvalue weighted by molar-refractivity contribution is 7.89. The summed E-state index contributed by atoms with van der Waals surface area (Å²) in [6.07, 6.45) is 1.84. The number of nitrogen functional groups attached to an aromatic ring is 1. The van der Waals surface area contributed by atoms with Gasteiger partial charge in [-0.05, 0) is 48.7 Å². The second kappa shape index (κ2) is 7.35. The van der Waals surface area contributed by atoms with Crippen molar-refractivity contribution in [3.8, 4) is 5.75 Å². The molecule has 1 amide bonds. The summed E-state index contributed by atoms with van der Waals surface area (Å²) in [4.78, 5) is 12.4. The van der Waals surface area contributed by atoms with Crippen molar-refractivity contribution in [3.63, 3.8) is 0 Å². The van der Waals surface area contributed by atoms with Crippen LogP contribution in [0.3, 0.4) is 0 Å². The number of hydrogen-bond acceptors (Lipinski definition) is 5. The number of sulfonamides is 1. The van der Waals surface area contributed by atoms with Crippen molar-refractivity contribution in [2.24, 2.45) is 0 Å². The second-order valence-corrected chi connectivity index (χ2v) is 7.94. The molecule has 4 N–H and O–H groups in total. The molecule has 0 aliphatic heterocycles. The first kappa shape index (κ1) is 18.2. The average molecular weight is 375 g/mol. The van der Waals surface area contributed by atoms with Gasteiger partial charge in [0, 0.05) is 11.7 Å². The summed E-state index contributed by atoms with van der Waals surface area (Å²) < 4.78 is 32.6. The fraction of sp³-hybridized carbons (Fsp3) is 0.278. The van der Waals surface area contributed by atoms with Crippen LogP contribution in [0.4, 0.5) is 11.4 Å². The summed E-state index contributed by atoms with van der Waals surface area (Å²) in [6, 6.07) is 11.4. The number of ether oxygens (including phenoxy) is 1. The molecule has 0 unspecified atom stereocenters. The number of carbonyl (C=O) groups is 1. The Kier molecular flexibility index (Phi) is 5.15. The van der Waals surface area contributed by atoms with E-state index in [9.17, 15) is 13.2 Å². The summed E-state index contributed by atoms with van der Waals surface area (Å²) >= 11 is 0. The average Bonchev–Trinajstić information content (AvgIpc) is 3.40. The molecule has 7 nitrogen and oxygen atoms in total. The van der Waals surface area contributed by atoms with Crippen molar-refractivity contribution in [3.05, 3.63) is 48.0 Å². The fourth-order valence-corrected chi connectivity index (χ4v) is 3.79. The molecule has 3 rings (SSSR count). The molecule has 8 heteroatoms. The number of amides is 1. The number of anilines is 2. The third-order valence-corrected chi connectivity index (χ3v) is 5.52. The van der Waals surface area contributed by atoms with Gasteiger partial charge in [0.25, 0.3) is 0 Å². The summed E-state index contributed by atoms with van der Waals surface area (Å²) in [5, 5.41) is 2.72. The molecule has 1 aliphatic rings. The fourth-order valence-electron chi connectivity index (χ4n) is 2.46. The summed E-state index contributed by atoms with van der Waals surface area (Å²) in [5.41, 5.74) is 7.37. The molecule has 0 saturated heterocycles. The zero-order chi connectivity index (χ0) is 18.7. The molecule has 0 heterocycles. The normalized spacial score (nSPS) is 14.0. The lowest BCUT2D eigenvalue weighted by Crippen LogP contribution is -2.26. The van der Waals surface area contributed by atoms with Gasteiger partial charge in [-0.2, -0.15) is 0 Å². The van der Waals surface area contributed by atoms with Gasteiger partial charge in [0.1, 0.15) is 5.75 Å². The predicted octanol–water partition coefficient (Wildman–Crippen LogP) is 1.90. The highest BCUT2D eigenvalue weighted by Gasteiger charge is 2.28. The largest absolute Gasteiger partial charge is 0.495 e. The van der Waals surface area contributed by atoms with Crippen LogP contribution in [0.1, 0.15) is 18.4 Å². The smallest absolute Gasteiger partial charge is 0.240 e. The van der Waals surface area contributed by atoms with E-state index < -0.39 is 10.0 Å². The van der Waals surface area contributed by atoms with E-state index in [1.165, 1.54) is 25.3 Å². The Labute approximate surface area is 152 Å². The standard InChI is InChI=1S/C18H21N3O4S/c1-25-17-9-8-15(26(23,24)21-14-6-7-14)11-16(17)20-18(22)10-12-2-4-13(19)5-3-12/h2-5,8-9,11,14,21H,6-7,10,19H2,1H3,(H,20,22). The molecule has 0 aromatic heterocycles. The Balaban J connectivity index is 1.77. The minimum Gasteiger partial charge on any atom is -0.495 e. The van der Waals surface area contributed by atoms with Gasteiger partial charge in [-0.1, -0.05) is 12.1 Å². The molecule has 0 atom stereocenters. The summed E-state index contributed by atoms with van der Waals surface area (Å²) in [7, 11) is -2.15. The molecular formula is C18H21N3O4S. The van der Waals surface area contributed by atoms with E-state index in [2.05, 4.69) is 10.0 Å². The molecular weight excluding hydrogens is 354 g/mol. The zero-order valence-electron chi connectivity index (χ0n) is 14.4. The molecule has 1 saturated carbocycles. The van der Waals surface area contributed by atoms with E-state index in [0.29, 0.717) is 17.1 Å². The SMILES string of the molecule is COc1ccc(S(=O)(=O)NC2CC2)cc1NC(=O)Cc1ccc(N)cc1. The quantitative estimate of drug-likeness (QED) is 0.640. The van der Waals surface area contributed by atoms with Gasteiger partial charge in [0.2, 0.25) is 15.9 Å². The van der Waals surface area contributed by atoms with Gasteiger partial charge < -0.3 is 15.8 Å². The number of nitrogens with two attached hydrogens (primary N) is 1. The number of carbonyl (C=O) groups excluding carboxylic acids is 1. The van der Waals surface area contributed by atoms with E-state index in [4.69, 9.17) is 10.5 Å². The monoisotopic (exact) mass is 375 g/mol. The van der Waals surface area contributed by atoms with E-state index in [1.54, 1.807) is 24.3 Å². The zero-order valence-corrected chi connectivity index (χ0v) is 15.2. The van der Waals surface area contributed by atoms with Crippen molar-refractivity contribution in [2.75, 3.05) is 18.2 Å². The first-order valence-corrected chi connectivity index (χ1v) is 9.70. The highest BCUT2D eigenvalue weighted by Crippen LogP contribution is 2.29. The van der Waals surface area contributed by atoms with Gasteiger partial charge in [0.15, 0.2) is 0 Å². The maximum absolute atomic E-state index is 12.4. The molecule has 138 valence electrons. The maximum atomic E-state index is 12.4. The Morgan fingerprint density at radius 1 is 1.19 bits per heavy atom. The Morgan fingerprint density at radius 2 is 1.88 bits per heavy atom. The first-order valence-electron chi connectivity index (χ1n) is 8.22. The Hall–Kier alpha value is -2.58. The van der Waals surface area contributed by atoms with Crippen molar-refractivity contribution < 1.29 is 17.9 Å². The van der Waals surface area contributed by atoms with Gasteiger partial charge in [-0.25, -0.2) is 13.1 Å². The molecule has 0 bridgehead atoms. The predicted molar refractivity (Wildman–Crippen MR) is 99.5 cm³/mol. The second-order valence-electron chi connectivity index (χ2n) is 6.22. The Morgan fingerprint density at radius 3 is 2.50 bits per heavy atom. The highest BCUT2D eigenvalue weighted by atomic mass is 32.2. The minimum atomic E-state index is -3.61. The van der Waals surface area contributed by atoms with Crippen LogP contribution < -0.4 is 20.5 Å². The molecule has 2 aromatic carbocycles. The number of methoxy groups -OCH3 is 1. The third-order valence-electron chi connectivity index (χ3n) is 4.00. The topological polar surface area (TPSA) is 111 Å². The van der Waals surface area contributed by atoms with Crippen molar-refractivity contribution >= 4 is 27.3 Å². The first-order chi connectivity index (χ1) is 12.4. The van der Waals surface area contributed by atoms with Gasteiger partial charge in [0.05, 0.1) is 24.1 Å². The van der Waals surface area contributed by atoms with Gasteiger partial charge >= 0.3 is 0 Å². The maximum Gasteiger partial charge on any atom is 0.240 e.